The van der Waals surface area contributed by atoms with Gasteiger partial charge in [-0.15, -0.1) is 0 Å². The number of ether oxygens (including phenoxy) is 4. The van der Waals surface area contributed by atoms with Crippen LogP contribution in [0.25, 0.3) is 98.6 Å². The summed E-state index contributed by atoms with van der Waals surface area (Å²) in [7, 11) is -10.2. The van der Waals surface area contributed by atoms with E-state index in [4.69, 9.17) is 18.9 Å². The van der Waals surface area contributed by atoms with Gasteiger partial charge in [0.1, 0.15) is 64.3 Å². The van der Waals surface area contributed by atoms with Crippen LogP contribution in [0.2, 0.25) is 0 Å². The molecule has 0 aliphatic heterocycles. The van der Waals surface area contributed by atoms with Crippen molar-refractivity contribution in [2.45, 2.75) is 173 Å². The number of aliphatic hydroxyl groups excluding tert-OH is 1. The van der Waals surface area contributed by atoms with Gasteiger partial charge in [0.15, 0.2) is 11.6 Å². The molecule has 28 nitrogen and oxygen atoms in total. The smallest absolute Gasteiger partial charge is 0.238 e. The van der Waals surface area contributed by atoms with Crippen molar-refractivity contribution < 1.29 is 68.5 Å². The Bertz CT molecular complexity index is 7600. The lowest BCUT2D eigenvalue weighted by Gasteiger charge is -2.14. The van der Waals surface area contributed by atoms with Gasteiger partial charge in [0, 0.05) is 143 Å². The zero-order valence-electron chi connectivity index (χ0n) is 74.1. The number of aromatic amines is 6. The van der Waals surface area contributed by atoms with Crippen LogP contribution < -0.4 is 18.9 Å². The SMILES string of the molecule is CCCS(=O)(=O)n1ccc2ccc(C(=O)c3c[nH]c4ncc(OC5CCCC5)cc34)cc21.CCCS(=O)(=O)n1ccc2ccc(C(O)c3c[nH]c4ncc(OC5CCCC5)cc34)cc21.CCCS(=O)(=O)n1ccc2ccc(C=O)cc21.O=C(c1ccc2cc[nH]c2c1)c1c[nH]c2ncc(OC3CCCC3)cc12.O=Cc1ccc2cc[nH]c2c1.c1cc2cc(OC3CCCC3)cnc2[nH]1. The van der Waals surface area contributed by atoms with Crippen molar-refractivity contribution in [3.8, 4) is 23.0 Å². The van der Waals surface area contributed by atoms with Crippen LogP contribution in [0, 0.1) is 0 Å². The fourth-order valence-electron chi connectivity index (χ4n) is 17.9. The number of nitrogens with zero attached hydrogens (tertiary/aromatic N) is 7. The van der Waals surface area contributed by atoms with Crippen molar-refractivity contribution in [2.75, 3.05) is 17.3 Å². The van der Waals surface area contributed by atoms with E-state index >= 15 is 0 Å². The third kappa shape index (κ3) is 20.8. The molecule has 0 bridgehead atoms. The van der Waals surface area contributed by atoms with Crippen molar-refractivity contribution >= 4 is 153 Å². The van der Waals surface area contributed by atoms with E-state index in [1.807, 2.05) is 124 Å². The van der Waals surface area contributed by atoms with Gasteiger partial charge in [0.2, 0.25) is 30.1 Å². The van der Waals surface area contributed by atoms with E-state index < -0.39 is 36.2 Å². The minimum Gasteiger partial charge on any atom is -0.489 e. The number of nitrogens with one attached hydrogen (secondary N) is 6. The van der Waals surface area contributed by atoms with E-state index in [2.05, 4.69) is 55.9 Å². The molecule has 0 amide bonds. The number of ketones is 2. The Kier molecular flexibility index (Phi) is 27.8. The second-order valence-corrected chi connectivity index (χ2v) is 40.0. The van der Waals surface area contributed by atoms with Gasteiger partial charge in [0.05, 0.1) is 83.0 Å². The normalized spacial score (nSPS) is 14.8. The van der Waals surface area contributed by atoms with Gasteiger partial charge in [-0.2, -0.15) is 0 Å². The quantitative estimate of drug-likeness (QED) is 0.0206. The predicted octanol–water partition coefficient (Wildman–Crippen LogP) is 20.7. The van der Waals surface area contributed by atoms with E-state index in [-0.39, 0.29) is 47.1 Å². The Morgan fingerprint density at radius 1 is 0.383 bits per heavy atom. The number of aliphatic hydroxyl groups is 1. The molecule has 4 saturated carbocycles. The summed E-state index contributed by atoms with van der Waals surface area (Å²) < 4.78 is 102. The molecule has 13 aromatic heterocycles. The van der Waals surface area contributed by atoms with Gasteiger partial charge in [-0.05, 0) is 229 Å². The highest BCUT2D eigenvalue weighted by molar-refractivity contribution is 7.90. The number of rotatable bonds is 25. The lowest BCUT2D eigenvalue weighted by atomic mass is 10.0. The third-order valence-electron chi connectivity index (χ3n) is 24.7. The zero-order chi connectivity index (χ0) is 92.3. The lowest BCUT2D eigenvalue weighted by molar-refractivity contribution is 0.103. The number of H-pyrrole nitrogens is 6. The second kappa shape index (κ2) is 40.5. The summed E-state index contributed by atoms with van der Waals surface area (Å²) in [5.74, 6) is 3.00. The molecule has 4 aliphatic carbocycles. The molecule has 1 unspecified atom stereocenters. The molecular weight excluding hydrogens is 1740 g/mol. The minimum absolute atomic E-state index is 0.0208. The molecule has 31 heteroatoms. The monoisotopic (exact) mass is 1850 g/mol. The van der Waals surface area contributed by atoms with Crippen LogP contribution in [-0.4, -0.2) is 158 Å². The summed E-state index contributed by atoms with van der Waals surface area (Å²) in [6, 6.07) is 45.9. The Balaban J connectivity index is 0.000000115. The number of hydrogen-bond acceptors (Lipinski definition) is 19. The molecule has 7 N–H and O–H groups in total. The molecule has 13 heterocycles. The molecule has 133 heavy (non-hydrogen) atoms. The van der Waals surface area contributed by atoms with Crippen molar-refractivity contribution in [2.24, 2.45) is 0 Å². The molecule has 4 aliphatic rings. The summed E-state index contributed by atoms with van der Waals surface area (Å²) in [5.41, 5.74) is 11.2. The molecule has 22 rings (SSSR count). The standard InChI is InChI=1S/C24H27N3O4S.C24H25N3O4S.C21H19N3O2.C12H14N2O.C12H13NO3S.C9H7NO/c2*1-2-11-32(29,30)27-10-9-16-7-8-17(12-22(16)27)23(28)21-15-26-24-20(21)13-19(14-25-24)31-18-5-3-4-6-18;25-20(14-6-5-13-7-8-22-19(13)9-14)18-12-24-21-17(18)10-16(11-23-21)26-15-3-1-2-4-15;1-2-4-10(3-1)15-11-7-9-5-6-13-12(9)14-8-11;1-2-7-17(15,16)13-6-5-11-4-3-10(9-14)8-12(11)13;11-6-7-1-2-8-3-4-10-9(8)5-7/h7-10,12-15,18,23,28H,2-6,11H2,1H3,(H,25,26);7-10,12-15,18H,2-6,11H2,1H3,(H,25,26);5-12,15,22H,1-4H2,(H,23,24);5-8,10H,1-4H2,(H,13,14);3-6,8-9H,2,7H2,1H3;1-6,10H. The van der Waals surface area contributed by atoms with E-state index in [1.165, 1.54) is 82.3 Å². The summed E-state index contributed by atoms with van der Waals surface area (Å²) >= 11 is 0. The maximum atomic E-state index is 13.4. The van der Waals surface area contributed by atoms with Gasteiger partial charge >= 0.3 is 0 Å². The summed E-state index contributed by atoms with van der Waals surface area (Å²) in [6.45, 7) is 5.49. The maximum Gasteiger partial charge on any atom is 0.238 e. The van der Waals surface area contributed by atoms with Crippen LogP contribution in [0.3, 0.4) is 0 Å². The van der Waals surface area contributed by atoms with E-state index in [1.54, 1.807) is 116 Å². The number of carbonyl (C=O) groups excluding carboxylic acids is 4. The van der Waals surface area contributed by atoms with E-state index in [0.717, 1.165) is 116 Å². The van der Waals surface area contributed by atoms with Gasteiger partial charge in [-0.1, -0.05) is 81.4 Å². The summed E-state index contributed by atoms with van der Waals surface area (Å²) in [6.07, 6.45) is 44.2. The minimum atomic E-state index is -3.47. The molecule has 18 aromatic rings. The zero-order valence-corrected chi connectivity index (χ0v) is 76.5. The van der Waals surface area contributed by atoms with Gasteiger partial charge in [0.25, 0.3) is 0 Å². The van der Waals surface area contributed by atoms with Gasteiger partial charge in [-0.25, -0.2) is 57.1 Å². The highest BCUT2D eigenvalue weighted by Crippen LogP contribution is 2.37. The van der Waals surface area contributed by atoms with Crippen LogP contribution in [-0.2, 0) is 30.1 Å². The first kappa shape index (κ1) is 91.2. The molecule has 686 valence electrons. The number of aldehydes is 2. The average Bonchev–Trinajstić information content (AvgIpc) is 1.58. The number of fused-ring (bicyclic) bond motifs is 9. The highest BCUT2D eigenvalue weighted by Gasteiger charge is 2.28. The van der Waals surface area contributed by atoms with Crippen molar-refractivity contribution in [3.05, 3.63) is 277 Å². The van der Waals surface area contributed by atoms with Gasteiger partial charge in [-0.3, -0.25) is 19.2 Å². The Morgan fingerprint density at radius 3 is 1.21 bits per heavy atom. The molecule has 4 fully saturated rings. The number of aromatic nitrogens is 13. The van der Waals surface area contributed by atoms with Crippen LogP contribution in [0.4, 0.5) is 0 Å². The molecular formula is C102H105N13O15S3. The lowest BCUT2D eigenvalue weighted by Crippen LogP contribution is -2.15. The largest absolute Gasteiger partial charge is 0.489 e. The average molecular weight is 1850 g/mol. The number of pyridine rings is 4. The molecule has 0 radical (unpaired) electrons. The van der Waals surface area contributed by atoms with Crippen molar-refractivity contribution in [1.82, 2.24) is 61.8 Å². The Morgan fingerprint density at radius 2 is 0.744 bits per heavy atom. The molecule has 0 spiro atoms. The first-order chi connectivity index (χ1) is 64.6. The third-order valence-corrected chi connectivity index (χ3v) is 30.2. The van der Waals surface area contributed by atoms with Gasteiger partial charge < -0.3 is 54.0 Å². The Labute approximate surface area is 768 Å². The molecule has 5 aromatic carbocycles. The summed E-state index contributed by atoms with van der Waals surface area (Å²) in [4.78, 5) is 83.6. The van der Waals surface area contributed by atoms with Crippen molar-refractivity contribution in [3.63, 3.8) is 0 Å². The number of benzene rings is 5. The van der Waals surface area contributed by atoms with Crippen LogP contribution in [0.5, 0.6) is 23.0 Å². The van der Waals surface area contributed by atoms with Crippen LogP contribution in [0.15, 0.2) is 232 Å². The first-order valence-corrected chi connectivity index (χ1v) is 50.3. The fraction of sp³-hybridized carbons (Fsp3) is 0.294. The predicted molar refractivity (Wildman–Crippen MR) is 518 cm³/mol. The molecule has 0 saturated heterocycles. The number of hydrogen-bond donors (Lipinski definition) is 7. The fourth-order valence-corrected chi connectivity index (χ4v) is 22.1. The number of carbonyl (C=O) groups is 4. The topological polar surface area (TPSA) is 389 Å². The summed E-state index contributed by atoms with van der Waals surface area (Å²) in [5, 5.41) is 19.2. The van der Waals surface area contributed by atoms with E-state index in [0.29, 0.717) is 127 Å². The maximum absolute atomic E-state index is 13.4. The molecule has 1 atom stereocenters. The van der Waals surface area contributed by atoms with Crippen molar-refractivity contribution in [1.29, 1.82) is 0 Å². The first-order valence-electron chi connectivity index (χ1n) is 45.5. The highest BCUT2D eigenvalue weighted by atomic mass is 32.2. The second-order valence-electron chi connectivity index (χ2n) is 34.1. The van der Waals surface area contributed by atoms with Crippen LogP contribution >= 0.6 is 0 Å². The van der Waals surface area contributed by atoms with Crippen LogP contribution in [0.1, 0.15) is 213 Å². The Hall–Kier alpha value is -13.8. The van der Waals surface area contributed by atoms with E-state index in [9.17, 15) is 49.5 Å².